The van der Waals surface area contributed by atoms with E-state index in [2.05, 4.69) is 10.9 Å². The van der Waals surface area contributed by atoms with Gasteiger partial charge in [0.25, 0.3) is 0 Å². The van der Waals surface area contributed by atoms with Crippen LogP contribution in [0.15, 0.2) is 12.5 Å². The van der Waals surface area contributed by atoms with Gasteiger partial charge in [-0.1, -0.05) is 0 Å². The number of aromatic nitrogens is 2. The molecule has 1 heterocycles. The van der Waals surface area contributed by atoms with Gasteiger partial charge in [-0.2, -0.15) is 0 Å². The number of rotatable bonds is 1. The zero-order valence-electron chi connectivity index (χ0n) is 5.33. The van der Waals surface area contributed by atoms with E-state index in [1.165, 1.54) is 0 Å². The highest BCUT2D eigenvalue weighted by Crippen LogP contribution is 1.91. The molecule has 0 spiro atoms. The molecule has 2 heteroatoms. The van der Waals surface area contributed by atoms with Crippen LogP contribution in [0, 0.1) is 12.3 Å². The quantitative estimate of drug-likeness (QED) is 0.503. The van der Waals surface area contributed by atoms with Gasteiger partial charge in [-0.15, -0.1) is 6.42 Å². The van der Waals surface area contributed by atoms with Crippen LogP contribution in [0.1, 0.15) is 12.6 Å². The molecule has 0 aliphatic heterocycles. The number of imidazole rings is 1. The molecular weight excluding hydrogens is 112 g/mol. The minimum atomic E-state index is 0.705. The highest BCUT2D eigenvalue weighted by molar-refractivity contribution is 5.20. The summed E-state index contributed by atoms with van der Waals surface area (Å²) in [6.07, 6.45) is 8.67. The van der Waals surface area contributed by atoms with Crippen LogP contribution in [0.4, 0.5) is 0 Å². The van der Waals surface area contributed by atoms with Crippen LogP contribution in [-0.2, 0) is 6.54 Å². The highest BCUT2D eigenvalue weighted by atomic mass is 15.0. The van der Waals surface area contributed by atoms with E-state index in [1.807, 2.05) is 17.7 Å². The zero-order chi connectivity index (χ0) is 6.69. The van der Waals surface area contributed by atoms with Gasteiger partial charge in [0.1, 0.15) is 5.69 Å². The highest BCUT2D eigenvalue weighted by Gasteiger charge is 1.89. The Morgan fingerprint density at radius 3 is 3.00 bits per heavy atom. The third-order valence-corrected chi connectivity index (χ3v) is 1.15. The first-order valence-corrected chi connectivity index (χ1v) is 2.85. The fourth-order valence-corrected chi connectivity index (χ4v) is 0.608. The van der Waals surface area contributed by atoms with Gasteiger partial charge in [-0.25, -0.2) is 4.98 Å². The third kappa shape index (κ3) is 1.11. The summed E-state index contributed by atoms with van der Waals surface area (Å²) < 4.78 is 1.94. The van der Waals surface area contributed by atoms with Gasteiger partial charge in [-0.05, 0) is 12.8 Å². The minimum absolute atomic E-state index is 0.705. The van der Waals surface area contributed by atoms with E-state index >= 15 is 0 Å². The van der Waals surface area contributed by atoms with Gasteiger partial charge in [0.2, 0.25) is 0 Å². The van der Waals surface area contributed by atoms with Crippen molar-refractivity contribution >= 4 is 0 Å². The number of terminal acetylenes is 1. The monoisotopic (exact) mass is 120 g/mol. The molecule has 0 aliphatic carbocycles. The van der Waals surface area contributed by atoms with Crippen LogP contribution in [0.25, 0.3) is 0 Å². The number of hydrogen-bond donors (Lipinski definition) is 0. The van der Waals surface area contributed by atoms with E-state index < -0.39 is 0 Å². The van der Waals surface area contributed by atoms with Gasteiger partial charge in [0.05, 0.1) is 6.33 Å². The van der Waals surface area contributed by atoms with Crippen LogP contribution in [0.5, 0.6) is 0 Å². The smallest absolute Gasteiger partial charge is 0.130 e. The lowest BCUT2D eigenvalue weighted by atomic mass is 10.5. The lowest BCUT2D eigenvalue weighted by Crippen LogP contribution is -1.86. The Morgan fingerprint density at radius 1 is 1.89 bits per heavy atom. The fraction of sp³-hybridized carbons (Fsp3) is 0.286. The largest absolute Gasteiger partial charge is 0.336 e. The molecule has 0 amide bonds. The molecule has 0 saturated carbocycles. The molecule has 1 rings (SSSR count). The second-order valence-corrected chi connectivity index (χ2v) is 1.73. The molecule has 0 N–H and O–H groups in total. The summed E-state index contributed by atoms with van der Waals surface area (Å²) in [5, 5.41) is 0. The Balaban J connectivity index is 2.90. The molecule has 0 saturated heterocycles. The average Bonchev–Trinajstić information content (AvgIpc) is 2.34. The molecule has 2 nitrogen and oxygen atoms in total. The van der Waals surface area contributed by atoms with Gasteiger partial charge in [0, 0.05) is 12.7 Å². The van der Waals surface area contributed by atoms with Gasteiger partial charge in [0.15, 0.2) is 0 Å². The number of hydrogen-bond acceptors (Lipinski definition) is 1. The average molecular weight is 120 g/mol. The van der Waals surface area contributed by atoms with E-state index in [1.54, 1.807) is 6.33 Å². The summed E-state index contributed by atoms with van der Waals surface area (Å²) in [6, 6.07) is 0. The van der Waals surface area contributed by atoms with Gasteiger partial charge in [-0.3, -0.25) is 0 Å². The van der Waals surface area contributed by atoms with Crippen molar-refractivity contribution in [2.75, 3.05) is 0 Å². The first kappa shape index (κ1) is 5.90. The summed E-state index contributed by atoms with van der Waals surface area (Å²) in [5.41, 5.74) is 0.705. The molecule has 0 bridgehead atoms. The lowest BCUT2D eigenvalue weighted by Gasteiger charge is -1.88. The predicted octanol–water partition coefficient (Wildman–Crippen LogP) is 0.884. The fourth-order valence-electron chi connectivity index (χ4n) is 0.608. The van der Waals surface area contributed by atoms with Crippen molar-refractivity contribution in [3.05, 3.63) is 18.2 Å². The van der Waals surface area contributed by atoms with Crippen molar-refractivity contribution in [1.82, 2.24) is 9.55 Å². The maximum atomic E-state index is 5.09. The van der Waals surface area contributed by atoms with E-state index in [-0.39, 0.29) is 0 Å². The summed E-state index contributed by atoms with van der Waals surface area (Å²) in [6.45, 7) is 2.97. The molecule has 0 unspecified atom stereocenters. The van der Waals surface area contributed by atoms with E-state index in [4.69, 9.17) is 6.42 Å². The van der Waals surface area contributed by atoms with E-state index in [0.717, 1.165) is 6.54 Å². The van der Waals surface area contributed by atoms with Gasteiger partial charge >= 0.3 is 0 Å². The zero-order valence-corrected chi connectivity index (χ0v) is 5.33. The molecular formula is C7H8N2. The van der Waals surface area contributed by atoms with Gasteiger partial charge < -0.3 is 4.57 Å². The number of nitrogens with zero attached hydrogens (tertiary/aromatic N) is 2. The molecule has 0 radical (unpaired) electrons. The van der Waals surface area contributed by atoms with E-state index in [0.29, 0.717) is 5.69 Å². The Hall–Kier alpha value is -1.23. The first-order chi connectivity index (χ1) is 4.36. The lowest BCUT2D eigenvalue weighted by molar-refractivity contribution is 0.761. The maximum absolute atomic E-state index is 5.09. The predicted molar refractivity (Wildman–Crippen MR) is 35.8 cm³/mol. The summed E-state index contributed by atoms with van der Waals surface area (Å²) in [4.78, 5) is 3.93. The Labute approximate surface area is 54.5 Å². The van der Waals surface area contributed by atoms with E-state index in [9.17, 15) is 0 Å². The minimum Gasteiger partial charge on any atom is -0.336 e. The van der Waals surface area contributed by atoms with Crippen molar-refractivity contribution in [3.8, 4) is 12.3 Å². The molecule has 0 atom stereocenters. The van der Waals surface area contributed by atoms with Crippen molar-refractivity contribution in [2.24, 2.45) is 0 Å². The molecule has 0 fully saturated rings. The Bertz CT molecular complexity index is 229. The van der Waals surface area contributed by atoms with Crippen LogP contribution in [0.3, 0.4) is 0 Å². The maximum Gasteiger partial charge on any atom is 0.130 e. The molecule has 9 heavy (non-hydrogen) atoms. The summed E-state index contributed by atoms with van der Waals surface area (Å²) in [5.74, 6) is 2.45. The molecule has 1 aromatic rings. The van der Waals surface area contributed by atoms with Crippen LogP contribution in [0.2, 0.25) is 0 Å². The van der Waals surface area contributed by atoms with Crippen LogP contribution in [-0.4, -0.2) is 9.55 Å². The third-order valence-electron chi connectivity index (χ3n) is 1.15. The molecule has 0 aromatic carbocycles. The summed E-state index contributed by atoms with van der Waals surface area (Å²) in [7, 11) is 0. The first-order valence-electron chi connectivity index (χ1n) is 2.85. The van der Waals surface area contributed by atoms with Crippen molar-refractivity contribution in [2.45, 2.75) is 13.5 Å². The van der Waals surface area contributed by atoms with Crippen molar-refractivity contribution < 1.29 is 0 Å². The second-order valence-electron chi connectivity index (χ2n) is 1.73. The molecule has 46 valence electrons. The van der Waals surface area contributed by atoms with Crippen molar-refractivity contribution in [1.29, 1.82) is 0 Å². The molecule has 0 aliphatic rings. The van der Waals surface area contributed by atoms with Crippen LogP contribution >= 0.6 is 0 Å². The summed E-state index contributed by atoms with van der Waals surface area (Å²) >= 11 is 0. The standard InChI is InChI=1S/C7H8N2/c1-3-7-5-9(4-2)6-8-7/h1,5-6H,4H2,2H3. The topological polar surface area (TPSA) is 17.8 Å². The van der Waals surface area contributed by atoms with Crippen molar-refractivity contribution in [3.63, 3.8) is 0 Å². The Kier molecular flexibility index (Phi) is 1.55. The Morgan fingerprint density at radius 2 is 2.67 bits per heavy atom. The SMILES string of the molecule is C#Cc1cn(CC)cn1. The van der Waals surface area contributed by atoms with Crippen LogP contribution < -0.4 is 0 Å². The normalized spacial score (nSPS) is 8.89. The second kappa shape index (κ2) is 2.36. The number of aryl methyl sites for hydroxylation is 1. The molecule has 1 aromatic heterocycles.